The highest BCUT2D eigenvalue weighted by molar-refractivity contribution is 6.16. The van der Waals surface area contributed by atoms with Crippen LogP contribution in [0.3, 0.4) is 0 Å². The molecule has 50 heavy (non-hydrogen) atoms. The molecule has 240 valence electrons. The second-order valence-electron chi connectivity index (χ2n) is 13.8. The summed E-state index contributed by atoms with van der Waals surface area (Å²) in [6, 6.07) is 58.3. The number of para-hydroxylation sites is 2. The number of aromatic nitrogens is 1. The van der Waals surface area contributed by atoms with Gasteiger partial charge >= 0.3 is 0 Å². The molecular formula is C47H37N3. The molecule has 0 fully saturated rings. The molecule has 0 radical (unpaired) electrons. The lowest BCUT2D eigenvalue weighted by molar-refractivity contribution is 0.664. The lowest BCUT2D eigenvalue weighted by Crippen LogP contribution is -2.16. The molecule has 0 saturated carbocycles. The number of fused-ring (bicyclic) bond motifs is 7. The van der Waals surface area contributed by atoms with Gasteiger partial charge < -0.3 is 10.3 Å². The molecule has 1 aliphatic rings. The van der Waals surface area contributed by atoms with E-state index in [9.17, 15) is 0 Å². The first kappa shape index (κ1) is 29.9. The molecule has 3 nitrogen and oxygen atoms in total. The average Bonchev–Trinajstić information content (AvgIpc) is 3.62. The molecule has 9 rings (SSSR count). The van der Waals surface area contributed by atoms with Crippen LogP contribution < -0.4 is 5.73 Å². The molecule has 8 aromatic rings. The van der Waals surface area contributed by atoms with E-state index in [1.165, 1.54) is 55.2 Å². The molecular weight excluding hydrogens is 607 g/mol. The van der Waals surface area contributed by atoms with Gasteiger partial charge in [-0.15, -0.1) is 0 Å². The molecule has 0 bridgehead atoms. The fraction of sp³-hybridized carbons (Fsp3) is 0.0851. The smallest absolute Gasteiger partial charge is 0.0743 e. The Kier molecular flexibility index (Phi) is 7.03. The van der Waals surface area contributed by atoms with Crippen LogP contribution in [0.2, 0.25) is 0 Å². The molecule has 0 atom stereocenters. The van der Waals surface area contributed by atoms with Crippen molar-refractivity contribution in [3.8, 4) is 27.9 Å². The summed E-state index contributed by atoms with van der Waals surface area (Å²) in [4.78, 5) is 5.21. The molecule has 3 heteroatoms. The van der Waals surface area contributed by atoms with Gasteiger partial charge in [-0.1, -0.05) is 153 Å². The van der Waals surface area contributed by atoms with Crippen LogP contribution >= 0.6 is 0 Å². The molecule has 0 aliphatic heterocycles. The van der Waals surface area contributed by atoms with Gasteiger partial charge in [0.1, 0.15) is 0 Å². The molecule has 0 saturated heterocycles. The van der Waals surface area contributed by atoms with E-state index in [0.717, 1.165) is 33.8 Å². The second kappa shape index (κ2) is 11.7. The van der Waals surface area contributed by atoms with Crippen molar-refractivity contribution >= 4 is 33.2 Å². The first-order valence-electron chi connectivity index (χ1n) is 17.3. The minimum atomic E-state index is -0.124. The van der Waals surface area contributed by atoms with Crippen LogP contribution in [0, 0.1) is 0 Å². The van der Waals surface area contributed by atoms with Crippen molar-refractivity contribution in [1.82, 2.24) is 4.57 Å². The highest BCUT2D eigenvalue weighted by atomic mass is 15.0. The van der Waals surface area contributed by atoms with Gasteiger partial charge in [0.05, 0.1) is 23.3 Å². The number of nitrogens with zero attached hydrogens (tertiary/aromatic N) is 2. The topological polar surface area (TPSA) is 43.3 Å². The minimum Gasteiger partial charge on any atom is -0.398 e. The molecule has 7 aromatic carbocycles. The first-order chi connectivity index (χ1) is 24.5. The summed E-state index contributed by atoms with van der Waals surface area (Å²) >= 11 is 0. The number of nitrogen functional groups attached to an aromatic ring is 1. The van der Waals surface area contributed by atoms with Crippen molar-refractivity contribution in [2.45, 2.75) is 25.8 Å². The van der Waals surface area contributed by atoms with Crippen molar-refractivity contribution in [2.75, 3.05) is 5.73 Å². The maximum Gasteiger partial charge on any atom is 0.0743 e. The van der Waals surface area contributed by atoms with Crippen LogP contribution in [0.15, 0.2) is 169 Å². The average molecular weight is 644 g/mol. The van der Waals surface area contributed by atoms with Gasteiger partial charge in [0, 0.05) is 38.7 Å². The first-order valence-corrected chi connectivity index (χ1v) is 17.3. The number of nitrogens with two attached hydrogens (primary N) is 1. The fourth-order valence-corrected chi connectivity index (χ4v) is 8.00. The van der Waals surface area contributed by atoms with Crippen LogP contribution in [0.1, 0.15) is 41.7 Å². The lowest BCUT2D eigenvalue weighted by atomic mass is 9.81. The van der Waals surface area contributed by atoms with Gasteiger partial charge in [0.2, 0.25) is 0 Å². The monoisotopic (exact) mass is 643 g/mol. The zero-order valence-electron chi connectivity index (χ0n) is 28.3. The van der Waals surface area contributed by atoms with Gasteiger partial charge in [-0.2, -0.15) is 0 Å². The normalized spacial score (nSPS) is 13.4. The summed E-state index contributed by atoms with van der Waals surface area (Å²) in [6.45, 7) is 5.27. The van der Waals surface area contributed by atoms with E-state index in [4.69, 9.17) is 10.7 Å². The third-order valence-electron chi connectivity index (χ3n) is 10.4. The minimum absolute atomic E-state index is 0.124. The van der Waals surface area contributed by atoms with E-state index >= 15 is 0 Å². The van der Waals surface area contributed by atoms with Gasteiger partial charge in [-0.25, -0.2) is 0 Å². The Morgan fingerprint density at radius 2 is 1.28 bits per heavy atom. The Bertz CT molecular complexity index is 2570. The molecule has 0 spiro atoms. The molecule has 1 aliphatic carbocycles. The fourth-order valence-electron chi connectivity index (χ4n) is 8.00. The van der Waals surface area contributed by atoms with Crippen molar-refractivity contribution in [3.63, 3.8) is 0 Å². The van der Waals surface area contributed by atoms with Crippen LogP contribution in [0.4, 0.5) is 5.69 Å². The van der Waals surface area contributed by atoms with Crippen LogP contribution in [-0.2, 0) is 12.0 Å². The summed E-state index contributed by atoms with van der Waals surface area (Å²) in [5.74, 6) is 0. The van der Waals surface area contributed by atoms with E-state index in [0.29, 0.717) is 6.54 Å². The van der Waals surface area contributed by atoms with E-state index in [-0.39, 0.29) is 5.41 Å². The van der Waals surface area contributed by atoms with Gasteiger partial charge in [0.15, 0.2) is 0 Å². The second-order valence-corrected chi connectivity index (χ2v) is 13.8. The predicted molar refractivity (Wildman–Crippen MR) is 210 cm³/mol. The summed E-state index contributed by atoms with van der Waals surface area (Å²) in [6.07, 6.45) is 0. The number of rotatable bonds is 6. The summed E-state index contributed by atoms with van der Waals surface area (Å²) in [5.41, 5.74) is 22.6. The predicted octanol–water partition coefficient (Wildman–Crippen LogP) is 11.4. The maximum absolute atomic E-state index is 6.52. The molecule has 0 unspecified atom stereocenters. The zero-order valence-corrected chi connectivity index (χ0v) is 28.3. The van der Waals surface area contributed by atoms with E-state index < -0.39 is 0 Å². The van der Waals surface area contributed by atoms with Crippen LogP contribution in [-0.4, -0.2) is 10.3 Å². The third kappa shape index (κ3) is 4.77. The summed E-state index contributed by atoms with van der Waals surface area (Å²) in [5, 5.41) is 2.56. The van der Waals surface area contributed by atoms with Gasteiger partial charge in [-0.05, 0) is 63.2 Å². The number of anilines is 1. The number of aliphatic imine (C=N–C) groups is 1. The Morgan fingerprint density at radius 3 is 2.08 bits per heavy atom. The highest BCUT2D eigenvalue weighted by Gasteiger charge is 2.38. The molecule has 0 amide bonds. The maximum atomic E-state index is 6.52. The summed E-state index contributed by atoms with van der Waals surface area (Å²) < 4.78 is 2.47. The van der Waals surface area contributed by atoms with Crippen LogP contribution in [0.25, 0.3) is 49.7 Å². The van der Waals surface area contributed by atoms with E-state index in [2.05, 4.69) is 158 Å². The van der Waals surface area contributed by atoms with Gasteiger partial charge in [0.25, 0.3) is 0 Å². The number of hydrogen-bond donors (Lipinski definition) is 1. The third-order valence-corrected chi connectivity index (χ3v) is 10.4. The Balaban J connectivity index is 1.12. The van der Waals surface area contributed by atoms with Crippen molar-refractivity contribution in [1.29, 1.82) is 0 Å². The van der Waals surface area contributed by atoms with Crippen molar-refractivity contribution < 1.29 is 0 Å². The van der Waals surface area contributed by atoms with Crippen molar-refractivity contribution in [2.24, 2.45) is 4.99 Å². The Labute approximate surface area is 293 Å². The van der Waals surface area contributed by atoms with E-state index in [1.54, 1.807) is 0 Å². The van der Waals surface area contributed by atoms with E-state index in [1.807, 2.05) is 24.3 Å². The number of hydrogen-bond acceptors (Lipinski definition) is 2. The zero-order chi connectivity index (χ0) is 33.8. The Morgan fingerprint density at radius 1 is 0.600 bits per heavy atom. The SMILES string of the molecule is CC1(C)c2ccccc2-c2ccc3c4ccccc4n(-c4ccc(C/N=C(/c5ccc(-c6ccccc6)cc5)c5ccccc5N)cc4)c3c21. The van der Waals surface area contributed by atoms with Crippen molar-refractivity contribution in [3.05, 3.63) is 192 Å². The van der Waals surface area contributed by atoms with Gasteiger partial charge in [-0.3, -0.25) is 4.99 Å². The molecule has 1 aromatic heterocycles. The largest absolute Gasteiger partial charge is 0.398 e. The quantitative estimate of drug-likeness (QED) is 0.142. The van der Waals surface area contributed by atoms with Crippen LogP contribution in [0.5, 0.6) is 0 Å². The Hall–Kier alpha value is -6.19. The standard InChI is InChI=1S/C47H37N3/c1-47(2)41-17-9-6-14-36(41)38-28-29-39-37-15-8-11-19-43(37)50(46(39)44(38)47)35-26-20-31(21-27-35)30-49-45(40-16-7-10-18-42(40)48)34-24-22-33(23-25-34)32-12-4-3-5-13-32/h3-29H,30,48H2,1-2H3/b49-45-. The highest BCUT2D eigenvalue weighted by Crippen LogP contribution is 2.52. The lowest BCUT2D eigenvalue weighted by Gasteiger charge is -2.23. The number of benzene rings is 7. The molecule has 2 N–H and O–H groups in total. The molecule has 1 heterocycles. The summed E-state index contributed by atoms with van der Waals surface area (Å²) in [7, 11) is 0.